The van der Waals surface area contributed by atoms with E-state index in [4.69, 9.17) is 0 Å². The Hall–Kier alpha value is -0.510. The van der Waals surface area contributed by atoms with E-state index in [2.05, 4.69) is 67.0 Å². The van der Waals surface area contributed by atoms with Gasteiger partial charge in [-0.15, -0.1) is 0 Å². The third-order valence-corrected chi connectivity index (χ3v) is 5.66. The van der Waals surface area contributed by atoms with Crippen molar-refractivity contribution in [3.8, 4) is 0 Å². The largest absolute Gasteiger partial charge is 0.309 e. The van der Waals surface area contributed by atoms with Crippen molar-refractivity contribution in [2.45, 2.75) is 51.6 Å². The van der Waals surface area contributed by atoms with Crippen LogP contribution in [0.25, 0.3) is 0 Å². The molecule has 0 amide bonds. The average Bonchev–Trinajstić information content (AvgIpc) is 2.89. The lowest BCUT2D eigenvalue weighted by Crippen LogP contribution is -2.33. The van der Waals surface area contributed by atoms with Gasteiger partial charge in [-0.3, -0.25) is 4.90 Å². The minimum atomic E-state index is 0.682. The van der Waals surface area contributed by atoms with Gasteiger partial charge in [0, 0.05) is 24.4 Å². The summed E-state index contributed by atoms with van der Waals surface area (Å²) in [4.78, 5) is 2.48. The molecule has 0 aromatic heterocycles. The summed E-state index contributed by atoms with van der Waals surface area (Å²) < 4.78 is 0. The van der Waals surface area contributed by atoms with Crippen LogP contribution >= 0.6 is 11.8 Å². The predicted molar refractivity (Wildman–Crippen MR) is 90.2 cm³/mol. The molecule has 1 aromatic carbocycles. The molecule has 2 unspecified atom stereocenters. The minimum absolute atomic E-state index is 0.682. The molecule has 2 rings (SSSR count). The number of nitrogens with one attached hydrogen (secondary N) is 1. The molecular weight excluding hydrogens is 264 g/mol. The first-order valence-electron chi connectivity index (χ1n) is 7.88. The lowest BCUT2D eigenvalue weighted by atomic mass is 10.1. The predicted octanol–water partition coefficient (Wildman–Crippen LogP) is 3.51. The molecule has 1 heterocycles. The summed E-state index contributed by atoms with van der Waals surface area (Å²) in [5.41, 5.74) is 2.94. The van der Waals surface area contributed by atoms with E-state index in [1.54, 1.807) is 0 Å². The number of nitrogens with zero attached hydrogens (tertiary/aromatic N) is 1. The topological polar surface area (TPSA) is 15.3 Å². The van der Waals surface area contributed by atoms with Crippen LogP contribution in [0, 0.1) is 0 Å². The van der Waals surface area contributed by atoms with Crippen LogP contribution in [0.5, 0.6) is 0 Å². The first kappa shape index (κ1) is 15.9. The van der Waals surface area contributed by atoms with Gasteiger partial charge in [0.15, 0.2) is 0 Å². The number of hydrogen-bond acceptors (Lipinski definition) is 3. The van der Waals surface area contributed by atoms with Gasteiger partial charge in [-0.1, -0.05) is 45.0 Å². The Balaban J connectivity index is 1.96. The van der Waals surface area contributed by atoms with Crippen molar-refractivity contribution in [2.75, 3.05) is 18.8 Å². The van der Waals surface area contributed by atoms with Crippen LogP contribution in [-0.2, 0) is 13.1 Å². The Morgan fingerprint density at radius 1 is 1.20 bits per heavy atom. The summed E-state index contributed by atoms with van der Waals surface area (Å²) in [7, 11) is 0. The van der Waals surface area contributed by atoms with Crippen LogP contribution in [0.2, 0.25) is 0 Å². The van der Waals surface area contributed by atoms with Gasteiger partial charge in [-0.25, -0.2) is 0 Å². The van der Waals surface area contributed by atoms with Crippen molar-refractivity contribution in [3.63, 3.8) is 0 Å². The standard InChI is InChI=1S/C17H28N2S/c1-4-19(5-2)13-16-9-7-6-8-15(16)12-18-17-10-11-20-14(17)3/h6-9,14,17-18H,4-5,10-13H2,1-3H3. The zero-order valence-electron chi connectivity index (χ0n) is 13.1. The molecule has 1 aromatic rings. The van der Waals surface area contributed by atoms with Crippen molar-refractivity contribution >= 4 is 11.8 Å². The summed E-state index contributed by atoms with van der Waals surface area (Å²) in [5.74, 6) is 1.31. The van der Waals surface area contributed by atoms with Gasteiger partial charge >= 0.3 is 0 Å². The summed E-state index contributed by atoms with van der Waals surface area (Å²) in [6.07, 6.45) is 1.31. The van der Waals surface area contributed by atoms with E-state index in [-0.39, 0.29) is 0 Å². The van der Waals surface area contributed by atoms with Crippen molar-refractivity contribution in [2.24, 2.45) is 0 Å². The second kappa shape index (κ2) is 8.06. The molecule has 0 saturated carbocycles. The van der Waals surface area contributed by atoms with Crippen LogP contribution in [0.4, 0.5) is 0 Å². The highest BCUT2D eigenvalue weighted by molar-refractivity contribution is 8.00. The summed E-state index contributed by atoms with van der Waals surface area (Å²) in [6, 6.07) is 9.56. The minimum Gasteiger partial charge on any atom is -0.309 e. The molecule has 0 spiro atoms. The molecule has 0 bridgehead atoms. The van der Waals surface area contributed by atoms with E-state index in [0.717, 1.165) is 31.4 Å². The van der Waals surface area contributed by atoms with Gasteiger partial charge in [-0.2, -0.15) is 11.8 Å². The smallest absolute Gasteiger partial charge is 0.0236 e. The fourth-order valence-corrected chi connectivity index (χ4v) is 4.04. The third-order valence-electron chi connectivity index (χ3n) is 4.34. The SMILES string of the molecule is CCN(CC)Cc1ccccc1CNC1CCSC1C. The van der Waals surface area contributed by atoms with E-state index < -0.39 is 0 Å². The molecule has 2 atom stereocenters. The fraction of sp³-hybridized carbons (Fsp3) is 0.647. The van der Waals surface area contributed by atoms with Crippen LogP contribution in [-0.4, -0.2) is 35.0 Å². The molecule has 1 aliphatic rings. The maximum Gasteiger partial charge on any atom is 0.0236 e. The Labute approximate surface area is 128 Å². The van der Waals surface area contributed by atoms with Crippen LogP contribution in [0.15, 0.2) is 24.3 Å². The van der Waals surface area contributed by atoms with Crippen molar-refractivity contribution in [1.82, 2.24) is 10.2 Å². The van der Waals surface area contributed by atoms with Gasteiger partial charge in [-0.05, 0) is 36.4 Å². The monoisotopic (exact) mass is 292 g/mol. The highest BCUT2D eigenvalue weighted by Gasteiger charge is 2.23. The van der Waals surface area contributed by atoms with E-state index >= 15 is 0 Å². The third kappa shape index (κ3) is 4.24. The number of thioether (sulfide) groups is 1. The Bertz CT molecular complexity index is 404. The van der Waals surface area contributed by atoms with Gasteiger partial charge in [0.05, 0.1) is 0 Å². The molecule has 112 valence electrons. The number of benzene rings is 1. The zero-order chi connectivity index (χ0) is 14.4. The fourth-order valence-electron chi connectivity index (χ4n) is 2.81. The molecule has 3 heteroatoms. The molecule has 1 N–H and O–H groups in total. The Morgan fingerprint density at radius 2 is 1.90 bits per heavy atom. The van der Waals surface area contributed by atoms with Crippen LogP contribution < -0.4 is 5.32 Å². The van der Waals surface area contributed by atoms with Crippen molar-refractivity contribution in [1.29, 1.82) is 0 Å². The highest BCUT2D eigenvalue weighted by Crippen LogP contribution is 2.26. The summed E-state index contributed by atoms with van der Waals surface area (Å²) in [6.45, 7) is 11.1. The van der Waals surface area contributed by atoms with Crippen LogP contribution in [0.1, 0.15) is 38.3 Å². The zero-order valence-corrected chi connectivity index (χ0v) is 13.9. The Kier molecular flexibility index (Phi) is 6.40. The average molecular weight is 292 g/mol. The molecule has 1 saturated heterocycles. The second-order valence-corrected chi connectivity index (χ2v) is 7.07. The quantitative estimate of drug-likeness (QED) is 0.828. The molecule has 1 aliphatic heterocycles. The first-order valence-corrected chi connectivity index (χ1v) is 8.93. The van der Waals surface area contributed by atoms with Crippen LogP contribution in [0.3, 0.4) is 0 Å². The number of hydrogen-bond donors (Lipinski definition) is 1. The van der Waals surface area contributed by atoms with Gasteiger partial charge in [0.1, 0.15) is 0 Å². The maximum absolute atomic E-state index is 3.76. The van der Waals surface area contributed by atoms with Crippen molar-refractivity contribution in [3.05, 3.63) is 35.4 Å². The number of rotatable bonds is 7. The van der Waals surface area contributed by atoms with Crippen molar-refractivity contribution < 1.29 is 0 Å². The molecule has 20 heavy (non-hydrogen) atoms. The molecule has 1 fully saturated rings. The van der Waals surface area contributed by atoms with E-state index in [1.165, 1.54) is 23.3 Å². The molecule has 0 aliphatic carbocycles. The lowest BCUT2D eigenvalue weighted by molar-refractivity contribution is 0.294. The Morgan fingerprint density at radius 3 is 2.50 bits per heavy atom. The lowest BCUT2D eigenvalue weighted by Gasteiger charge is -2.22. The first-order chi connectivity index (χ1) is 9.74. The summed E-state index contributed by atoms with van der Waals surface area (Å²) in [5, 5.41) is 4.51. The molecular formula is C17H28N2S. The highest BCUT2D eigenvalue weighted by atomic mass is 32.2. The molecule has 2 nitrogen and oxygen atoms in total. The normalized spacial score (nSPS) is 22.6. The maximum atomic E-state index is 3.76. The van der Waals surface area contributed by atoms with Gasteiger partial charge in [0.2, 0.25) is 0 Å². The van der Waals surface area contributed by atoms with E-state index in [1.807, 2.05) is 0 Å². The van der Waals surface area contributed by atoms with Gasteiger partial charge < -0.3 is 5.32 Å². The summed E-state index contributed by atoms with van der Waals surface area (Å²) >= 11 is 2.09. The molecule has 0 radical (unpaired) electrons. The van der Waals surface area contributed by atoms with E-state index in [9.17, 15) is 0 Å². The van der Waals surface area contributed by atoms with Gasteiger partial charge in [0.25, 0.3) is 0 Å². The van der Waals surface area contributed by atoms with E-state index in [0.29, 0.717) is 6.04 Å². The second-order valence-electron chi connectivity index (χ2n) is 5.58.